The van der Waals surface area contributed by atoms with E-state index in [0.29, 0.717) is 37.4 Å². The van der Waals surface area contributed by atoms with Gasteiger partial charge in [-0.2, -0.15) is 0 Å². The normalized spacial score (nSPS) is 17.4. The molecule has 0 unspecified atom stereocenters. The molecule has 1 aromatic carbocycles. The van der Waals surface area contributed by atoms with E-state index in [0.717, 1.165) is 5.56 Å². The Balaban J connectivity index is 0.00000200. The number of aliphatic hydroxyl groups excluding tert-OH is 1. The van der Waals surface area contributed by atoms with Crippen LogP contribution < -0.4 is 5.73 Å². The molecule has 0 saturated carbocycles. The summed E-state index contributed by atoms with van der Waals surface area (Å²) in [5, 5.41) is 10.1. The van der Waals surface area contributed by atoms with Gasteiger partial charge in [-0.05, 0) is 30.9 Å². The molecule has 2 rings (SSSR count). The van der Waals surface area contributed by atoms with Gasteiger partial charge in [0.15, 0.2) is 0 Å². The number of piperidine rings is 1. The van der Waals surface area contributed by atoms with E-state index >= 15 is 0 Å². The topological polar surface area (TPSA) is 66.6 Å². The maximum Gasteiger partial charge on any atom is 0.239 e. The number of amides is 1. The fraction of sp³-hybridized carbons (Fsp3) is 0.500. The number of benzene rings is 1. The monoisotopic (exact) mass is 318 g/mol. The third kappa shape index (κ3) is 4.35. The Kier molecular flexibility index (Phi) is 6.76. The van der Waals surface area contributed by atoms with Gasteiger partial charge in [-0.3, -0.25) is 4.79 Å². The van der Waals surface area contributed by atoms with Gasteiger partial charge >= 0.3 is 0 Å². The molecular weight excluding hydrogens is 299 g/mol. The summed E-state index contributed by atoms with van der Waals surface area (Å²) in [5.41, 5.74) is 6.86. The highest BCUT2D eigenvalue weighted by Gasteiger charge is 2.25. The van der Waals surface area contributed by atoms with Crippen LogP contribution in [0.15, 0.2) is 24.3 Å². The van der Waals surface area contributed by atoms with Crippen molar-refractivity contribution in [1.82, 2.24) is 4.90 Å². The van der Waals surface area contributed by atoms with Gasteiger partial charge in [-0.25, -0.2) is 0 Å². The molecule has 1 atom stereocenters. The fourth-order valence-electron chi connectivity index (χ4n) is 2.31. The van der Waals surface area contributed by atoms with Crippen molar-refractivity contribution in [3.63, 3.8) is 0 Å². The number of hydrogen-bond acceptors (Lipinski definition) is 3. The maximum absolute atomic E-state index is 12.2. The van der Waals surface area contributed by atoms with Crippen molar-refractivity contribution >= 4 is 29.9 Å². The number of likely N-dealkylation sites (tertiary alicyclic amines) is 1. The van der Waals surface area contributed by atoms with Gasteiger partial charge < -0.3 is 15.7 Å². The molecule has 0 bridgehead atoms. The minimum atomic E-state index is -0.574. The van der Waals surface area contributed by atoms with Crippen LogP contribution in [0, 0.1) is 0 Å². The molecule has 0 radical (unpaired) electrons. The van der Waals surface area contributed by atoms with Crippen LogP contribution in [-0.2, 0) is 11.2 Å². The Labute approximate surface area is 130 Å². The van der Waals surface area contributed by atoms with E-state index in [2.05, 4.69) is 0 Å². The quantitative estimate of drug-likeness (QED) is 0.890. The molecule has 20 heavy (non-hydrogen) atoms. The Bertz CT molecular complexity index is 449. The summed E-state index contributed by atoms with van der Waals surface area (Å²) in [4.78, 5) is 13.9. The summed E-state index contributed by atoms with van der Waals surface area (Å²) in [6, 6.07) is 6.84. The zero-order valence-electron chi connectivity index (χ0n) is 11.2. The molecule has 1 saturated heterocycles. The van der Waals surface area contributed by atoms with Crippen molar-refractivity contribution < 1.29 is 9.90 Å². The van der Waals surface area contributed by atoms with E-state index in [-0.39, 0.29) is 24.4 Å². The molecule has 1 aliphatic rings. The first-order valence-corrected chi connectivity index (χ1v) is 6.91. The van der Waals surface area contributed by atoms with Crippen molar-refractivity contribution in [2.75, 3.05) is 13.1 Å². The summed E-state index contributed by atoms with van der Waals surface area (Å²) in [6.07, 6.45) is 1.41. The van der Waals surface area contributed by atoms with Crippen LogP contribution >= 0.6 is 24.0 Å². The molecule has 0 aromatic heterocycles. The second-order valence-corrected chi connectivity index (χ2v) is 5.37. The Hall–Kier alpha value is -0.810. The summed E-state index contributed by atoms with van der Waals surface area (Å²) >= 11 is 6.06. The SMILES string of the molecule is Cl.N[C@@H](Cc1ccccc1Cl)C(=O)N1CCC(O)CC1. The van der Waals surface area contributed by atoms with Crippen LogP contribution in [0.5, 0.6) is 0 Å². The van der Waals surface area contributed by atoms with E-state index in [1.54, 1.807) is 11.0 Å². The molecule has 6 heteroatoms. The van der Waals surface area contributed by atoms with Gasteiger partial charge in [0.25, 0.3) is 0 Å². The molecule has 1 aliphatic heterocycles. The van der Waals surface area contributed by atoms with Crippen LogP contribution in [-0.4, -0.2) is 41.1 Å². The zero-order chi connectivity index (χ0) is 13.8. The summed E-state index contributed by atoms with van der Waals surface area (Å²) in [6.45, 7) is 1.16. The van der Waals surface area contributed by atoms with Gasteiger partial charge in [-0.15, -0.1) is 12.4 Å². The van der Waals surface area contributed by atoms with Crippen molar-refractivity contribution in [3.05, 3.63) is 34.9 Å². The lowest BCUT2D eigenvalue weighted by Crippen LogP contribution is -2.48. The fourth-order valence-corrected chi connectivity index (χ4v) is 2.52. The number of aliphatic hydroxyl groups is 1. The molecule has 1 heterocycles. The van der Waals surface area contributed by atoms with Gasteiger partial charge in [-0.1, -0.05) is 29.8 Å². The molecule has 1 fully saturated rings. The first-order valence-electron chi connectivity index (χ1n) is 6.54. The second kappa shape index (κ2) is 7.84. The standard InChI is InChI=1S/C14H19ClN2O2.ClH/c15-12-4-2-1-3-10(12)9-13(16)14(19)17-7-5-11(18)6-8-17;/h1-4,11,13,18H,5-9,16H2;1H/t13-;/m0./s1. The summed E-state index contributed by atoms with van der Waals surface area (Å²) in [7, 11) is 0. The number of nitrogens with zero attached hydrogens (tertiary/aromatic N) is 1. The summed E-state index contributed by atoms with van der Waals surface area (Å²) < 4.78 is 0. The molecule has 0 spiro atoms. The number of nitrogens with two attached hydrogens (primary N) is 1. The predicted octanol–water partition coefficient (Wildman–Crippen LogP) is 1.61. The Morgan fingerprint density at radius 3 is 2.60 bits per heavy atom. The van der Waals surface area contributed by atoms with Gasteiger partial charge in [0.2, 0.25) is 5.91 Å². The lowest BCUT2D eigenvalue weighted by molar-refractivity contribution is -0.134. The average Bonchev–Trinajstić information content (AvgIpc) is 2.41. The lowest BCUT2D eigenvalue weighted by Gasteiger charge is -2.31. The van der Waals surface area contributed by atoms with Crippen LogP contribution in [0.4, 0.5) is 0 Å². The largest absolute Gasteiger partial charge is 0.393 e. The lowest BCUT2D eigenvalue weighted by atomic mass is 10.0. The molecule has 112 valence electrons. The average molecular weight is 319 g/mol. The van der Waals surface area contributed by atoms with E-state index in [1.165, 1.54) is 0 Å². The molecule has 1 amide bonds. The van der Waals surface area contributed by atoms with E-state index in [1.807, 2.05) is 18.2 Å². The van der Waals surface area contributed by atoms with Crippen molar-refractivity contribution in [2.45, 2.75) is 31.4 Å². The van der Waals surface area contributed by atoms with E-state index < -0.39 is 6.04 Å². The highest BCUT2D eigenvalue weighted by atomic mass is 35.5. The molecular formula is C14H20Cl2N2O2. The third-order valence-electron chi connectivity index (χ3n) is 3.49. The Morgan fingerprint density at radius 1 is 1.40 bits per heavy atom. The van der Waals surface area contributed by atoms with Crippen LogP contribution in [0.1, 0.15) is 18.4 Å². The van der Waals surface area contributed by atoms with Crippen LogP contribution in [0.25, 0.3) is 0 Å². The third-order valence-corrected chi connectivity index (χ3v) is 3.86. The van der Waals surface area contributed by atoms with Gasteiger partial charge in [0, 0.05) is 18.1 Å². The zero-order valence-corrected chi connectivity index (χ0v) is 12.7. The van der Waals surface area contributed by atoms with E-state index in [9.17, 15) is 9.90 Å². The second-order valence-electron chi connectivity index (χ2n) is 4.96. The first kappa shape index (κ1) is 17.2. The number of halogens is 2. The van der Waals surface area contributed by atoms with Crippen molar-refractivity contribution in [1.29, 1.82) is 0 Å². The smallest absolute Gasteiger partial charge is 0.239 e. The molecule has 4 nitrogen and oxygen atoms in total. The van der Waals surface area contributed by atoms with Crippen LogP contribution in [0.3, 0.4) is 0 Å². The number of carbonyl (C=O) groups excluding carboxylic acids is 1. The first-order chi connectivity index (χ1) is 9.08. The van der Waals surface area contributed by atoms with Gasteiger partial charge in [0.1, 0.15) is 0 Å². The molecule has 1 aromatic rings. The Morgan fingerprint density at radius 2 is 2.00 bits per heavy atom. The highest BCUT2D eigenvalue weighted by Crippen LogP contribution is 2.17. The maximum atomic E-state index is 12.2. The van der Waals surface area contributed by atoms with Crippen molar-refractivity contribution in [2.24, 2.45) is 5.73 Å². The number of rotatable bonds is 3. The molecule has 3 N–H and O–H groups in total. The summed E-state index contributed by atoms with van der Waals surface area (Å²) in [5.74, 6) is -0.0631. The van der Waals surface area contributed by atoms with E-state index in [4.69, 9.17) is 17.3 Å². The van der Waals surface area contributed by atoms with Gasteiger partial charge in [0.05, 0.1) is 12.1 Å². The number of carbonyl (C=O) groups is 1. The van der Waals surface area contributed by atoms with Crippen molar-refractivity contribution in [3.8, 4) is 0 Å². The minimum absolute atomic E-state index is 0. The van der Waals surface area contributed by atoms with Crippen LogP contribution in [0.2, 0.25) is 5.02 Å². The predicted molar refractivity (Wildman–Crippen MR) is 82.2 cm³/mol. The number of hydrogen-bond donors (Lipinski definition) is 2. The molecule has 0 aliphatic carbocycles. The highest BCUT2D eigenvalue weighted by molar-refractivity contribution is 6.31. The minimum Gasteiger partial charge on any atom is -0.393 e.